The van der Waals surface area contributed by atoms with Gasteiger partial charge < -0.3 is 20.1 Å². The van der Waals surface area contributed by atoms with Crippen LogP contribution in [0.5, 0.6) is 5.88 Å². The van der Waals surface area contributed by atoms with Crippen LogP contribution in [-0.4, -0.2) is 57.3 Å². The van der Waals surface area contributed by atoms with E-state index in [4.69, 9.17) is 20.2 Å². The van der Waals surface area contributed by atoms with Crippen LogP contribution in [0.4, 0.5) is 11.8 Å². The summed E-state index contributed by atoms with van der Waals surface area (Å²) in [6.45, 7) is 6.70. The fourth-order valence-corrected chi connectivity index (χ4v) is 2.87. The maximum Gasteiger partial charge on any atom is 0.219 e. The smallest absolute Gasteiger partial charge is 0.219 e. The van der Waals surface area contributed by atoms with Gasteiger partial charge in [0, 0.05) is 31.5 Å². The minimum absolute atomic E-state index is 0.0360. The van der Waals surface area contributed by atoms with Gasteiger partial charge in [-0.05, 0) is 19.9 Å². The van der Waals surface area contributed by atoms with Crippen LogP contribution in [0.15, 0.2) is 24.5 Å². The number of hydrogen-bond acceptors (Lipinski definition) is 9. The van der Waals surface area contributed by atoms with E-state index in [0.29, 0.717) is 36.0 Å². The van der Waals surface area contributed by atoms with E-state index in [-0.39, 0.29) is 12.1 Å². The maximum absolute atomic E-state index is 5.75. The third-order valence-corrected chi connectivity index (χ3v) is 4.10. The lowest BCUT2D eigenvalue weighted by molar-refractivity contribution is 0.122. The molecule has 0 unspecified atom stereocenters. The number of fused-ring (bicyclic) bond motifs is 1. The first-order chi connectivity index (χ1) is 13.1. The van der Waals surface area contributed by atoms with E-state index in [0.717, 1.165) is 24.4 Å². The zero-order valence-electron chi connectivity index (χ0n) is 15.3. The average molecular weight is 367 g/mol. The molecule has 0 aliphatic carbocycles. The number of morpholine rings is 1. The Hall–Kier alpha value is -3.07. The van der Waals surface area contributed by atoms with Gasteiger partial charge in [0.2, 0.25) is 11.8 Å². The van der Waals surface area contributed by atoms with E-state index in [1.807, 2.05) is 26.0 Å². The Kier molecular flexibility index (Phi) is 4.68. The summed E-state index contributed by atoms with van der Waals surface area (Å²) in [6.07, 6.45) is 3.28. The number of nitrogens with two attached hydrogens (primary N) is 1. The summed E-state index contributed by atoms with van der Waals surface area (Å²) >= 11 is 0. The molecule has 0 spiro atoms. The molecular weight excluding hydrogens is 346 g/mol. The summed E-state index contributed by atoms with van der Waals surface area (Å²) in [7, 11) is 0. The number of pyridine rings is 1. The molecule has 27 heavy (non-hydrogen) atoms. The lowest BCUT2D eigenvalue weighted by atomic mass is 10.2. The van der Waals surface area contributed by atoms with E-state index >= 15 is 0 Å². The Bertz CT molecular complexity index is 940. The zero-order valence-corrected chi connectivity index (χ0v) is 15.3. The van der Waals surface area contributed by atoms with Gasteiger partial charge >= 0.3 is 0 Å². The van der Waals surface area contributed by atoms with Gasteiger partial charge in [0.15, 0.2) is 11.6 Å². The van der Waals surface area contributed by atoms with E-state index in [9.17, 15) is 0 Å². The fraction of sp³-hybridized carbons (Fsp3) is 0.389. The van der Waals surface area contributed by atoms with Crippen LogP contribution in [0.25, 0.3) is 22.4 Å². The van der Waals surface area contributed by atoms with Crippen molar-refractivity contribution in [1.29, 1.82) is 0 Å². The second-order valence-electron chi connectivity index (χ2n) is 6.48. The van der Waals surface area contributed by atoms with Gasteiger partial charge in [0.25, 0.3) is 0 Å². The van der Waals surface area contributed by atoms with Crippen molar-refractivity contribution >= 4 is 22.8 Å². The normalized spacial score (nSPS) is 14.7. The first-order valence-electron chi connectivity index (χ1n) is 8.86. The Morgan fingerprint density at radius 1 is 1.07 bits per heavy atom. The van der Waals surface area contributed by atoms with Gasteiger partial charge in [0.1, 0.15) is 5.52 Å². The van der Waals surface area contributed by atoms with Crippen LogP contribution < -0.4 is 15.4 Å². The number of anilines is 2. The summed E-state index contributed by atoms with van der Waals surface area (Å²) in [5, 5.41) is 0. The van der Waals surface area contributed by atoms with Crippen LogP contribution in [0, 0.1) is 0 Å². The molecule has 4 rings (SSSR count). The second kappa shape index (κ2) is 7.28. The highest BCUT2D eigenvalue weighted by Crippen LogP contribution is 2.28. The largest absolute Gasteiger partial charge is 0.475 e. The van der Waals surface area contributed by atoms with Crippen molar-refractivity contribution < 1.29 is 9.47 Å². The van der Waals surface area contributed by atoms with Gasteiger partial charge in [-0.15, -0.1) is 0 Å². The quantitative estimate of drug-likeness (QED) is 0.736. The van der Waals surface area contributed by atoms with Crippen LogP contribution in [-0.2, 0) is 4.74 Å². The third kappa shape index (κ3) is 3.72. The molecule has 1 aliphatic heterocycles. The van der Waals surface area contributed by atoms with Crippen molar-refractivity contribution in [2.45, 2.75) is 20.0 Å². The van der Waals surface area contributed by atoms with Crippen molar-refractivity contribution in [2.75, 3.05) is 36.9 Å². The van der Waals surface area contributed by atoms with Gasteiger partial charge in [-0.3, -0.25) is 0 Å². The van der Waals surface area contributed by atoms with E-state index < -0.39 is 0 Å². The molecule has 0 bridgehead atoms. The van der Waals surface area contributed by atoms with E-state index in [1.165, 1.54) is 0 Å². The first-order valence-corrected chi connectivity index (χ1v) is 8.86. The molecule has 140 valence electrons. The Morgan fingerprint density at radius 2 is 1.81 bits per heavy atom. The standard InChI is InChI=1S/C18H21N7O2/c1-11(2)27-14-4-3-13-15(23-14)17(25-5-7-26-8-6-25)24-16(22-13)12-9-20-18(19)21-10-12/h3-4,9-11H,5-8H2,1-2H3,(H2,19,20,21). The number of nitrogens with zero attached hydrogens (tertiary/aromatic N) is 6. The first kappa shape index (κ1) is 17.3. The fourth-order valence-electron chi connectivity index (χ4n) is 2.87. The molecule has 2 N–H and O–H groups in total. The van der Waals surface area contributed by atoms with E-state index in [1.54, 1.807) is 12.4 Å². The van der Waals surface area contributed by atoms with Gasteiger partial charge in [0.05, 0.1) is 30.4 Å². The lowest BCUT2D eigenvalue weighted by Crippen LogP contribution is -2.37. The summed E-state index contributed by atoms with van der Waals surface area (Å²) in [5.41, 5.74) is 7.72. The van der Waals surface area contributed by atoms with Crippen LogP contribution in [0.2, 0.25) is 0 Å². The summed E-state index contributed by atoms with van der Waals surface area (Å²) in [6, 6.07) is 3.72. The lowest BCUT2D eigenvalue weighted by Gasteiger charge is -2.28. The van der Waals surface area contributed by atoms with Gasteiger partial charge in [-0.1, -0.05) is 0 Å². The highest BCUT2D eigenvalue weighted by atomic mass is 16.5. The molecule has 4 heterocycles. The van der Waals surface area contributed by atoms with E-state index in [2.05, 4.69) is 24.8 Å². The minimum atomic E-state index is 0.0360. The highest BCUT2D eigenvalue weighted by molar-refractivity contribution is 5.88. The molecule has 9 heteroatoms. The molecule has 9 nitrogen and oxygen atoms in total. The number of nitrogen functional groups attached to an aromatic ring is 1. The predicted octanol–water partition coefficient (Wildman–Crippen LogP) is 1.69. The maximum atomic E-state index is 5.75. The SMILES string of the molecule is CC(C)Oc1ccc2nc(-c3cnc(N)nc3)nc(N3CCOCC3)c2n1. The van der Waals surface area contributed by atoms with Crippen LogP contribution in [0.3, 0.4) is 0 Å². The summed E-state index contributed by atoms with van der Waals surface area (Å²) in [5.74, 6) is 2.05. The summed E-state index contributed by atoms with van der Waals surface area (Å²) < 4.78 is 11.2. The number of ether oxygens (including phenoxy) is 2. The Labute approximate surface area is 156 Å². The molecule has 3 aromatic heterocycles. The van der Waals surface area contributed by atoms with Crippen molar-refractivity contribution in [3.8, 4) is 17.3 Å². The topological polar surface area (TPSA) is 112 Å². The molecule has 0 amide bonds. The summed E-state index contributed by atoms with van der Waals surface area (Å²) in [4.78, 5) is 24.3. The molecule has 3 aromatic rings. The Morgan fingerprint density at radius 3 is 2.52 bits per heavy atom. The minimum Gasteiger partial charge on any atom is -0.475 e. The molecule has 0 saturated carbocycles. The van der Waals surface area contributed by atoms with Crippen LogP contribution >= 0.6 is 0 Å². The van der Waals surface area contributed by atoms with Crippen molar-refractivity contribution in [3.63, 3.8) is 0 Å². The molecular formula is C18H21N7O2. The van der Waals surface area contributed by atoms with Gasteiger partial charge in [-0.25, -0.2) is 24.9 Å². The average Bonchev–Trinajstić information content (AvgIpc) is 2.68. The third-order valence-electron chi connectivity index (χ3n) is 4.10. The number of rotatable bonds is 4. The predicted molar refractivity (Wildman–Crippen MR) is 102 cm³/mol. The van der Waals surface area contributed by atoms with Crippen molar-refractivity contribution in [1.82, 2.24) is 24.9 Å². The molecule has 1 fully saturated rings. The molecule has 0 aromatic carbocycles. The number of aromatic nitrogens is 5. The molecule has 0 radical (unpaired) electrons. The van der Waals surface area contributed by atoms with Gasteiger partial charge in [-0.2, -0.15) is 0 Å². The van der Waals surface area contributed by atoms with Crippen molar-refractivity contribution in [3.05, 3.63) is 24.5 Å². The zero-order chi connectivity index (χ0) is 18.8. The van der Waals surface area contributed by atoms with Crippen LogP contribution in [0.1, 0.15) is 13.8 Å². The second-order valence-corrected chi connectivity index (χ2v) is 6.48. The molecule has 0 atom stereocenters. The molecule has 1 saturated heterocycles. The van der Waals surface area contributed by atoms with Crippen molar-refractivity contribution in [2.24, 2.45) is 0 Å². The number of hydrogen-bond donors (Lipinski definition) is 1. The Balaban J connectivity index is 1.85. The molecule has 1 aliphatic rings. The monoisotopic (exact) mass is 367 g/mol. The highest BCUT2D eigenvalue weighted by Gasteiger charge is 2.20.